The van der Waals surface area contributed by atoms with E-state index < -0.39 is 0 Å². The van der Waals surface area contributed by atoms with Gasteiger partial charge in [-0.05, 0) is 41.2 Å². The van der Waals surface area contributed by atoms with E-state index in [0.29, 0.717) is 5.75 Å². The summed E-state index contributed by atoms with van der Waals surface area (Å²) in [6.45, 7) is 8.59. The molecule has 0 atom stereocenters. The van der Waals surface area contributed by atoms with E-state index >= 15 is 0 Å². The van der Waals surface area contributed by atoms with Crippen molar-refractivity contribution in [2.45, 2.75) is 46.0 Å². The number of aromatic hydroxyl groups is 1. The van der Waals surface area contributed by atoms with Crippen LogP contribution in [0.5, 0.6) is 17.2 Å². The van der Waals surface area contributed by atoms with Crippen molar-refractivity contribution in [2.75, 3.05) is 0 Å². The number of hydrogen-bond acceptors (Lipinski definition) is 2. The topological polar surface area (TPSA) is 29.5 Å². The molecular weight excluding hydrogens is 260 g/mol. The molecular formula is C19H24O2. The van der Waals surface area contributed by atoms with Gasteiger partial charge in [0.1, 0.15) is 5.75 Å². The fraction of sp³-hybridized carbons (Fsp3) is 0.368. The van der Waals surface area contributed by atoms with Crippen LogP contribution < -0.4 is 4.74 Å². The van der Waals surface area contributed by atoms with Gasteiger partial charge in [-0.2, -0.15) is 0 Å². The van der Waals surface area contributed by atoms with Gasteiger partial charge in [-0.3, -0.25) is 0 Å². The van der Waals surface area contributed by atoms with Gasteiger partial charge in [-0.15, -0.1) is 0 Å². The molecule has 0 bridgehead atoms. The van der Waals surface area contributed by atoms with Crippen molar-refractivity contribution < 1.29 is 9.84 Å². The normalized spacial score (nSPS) is 11.4. The first kappa shape index (κ1) is 15.4. The number of phenols is 1. The zero-order valence-corrected chi connectivity index (χ0v) is 13.3. The molecule has 0 aromatic heterocycles. The van der Waals surface area contributed by atoms with Crippen LogP contribution in [0.3, 0.4) is 0 Å². The summed E-state index contributed by atoms with van der Waals surface area (Å²) < 4.78 is 5.98. The summed E-state index contributed by atoms with van der Waals surface area (Å²) in [6, 6.07) is 13.6. The summed E-state index contributed by atoms with van der Waals surface area (Å²) in [5.41, 5.74) is 2.33. The van der Waals surface area contributed by atoms with Crippen LogP contribution in [0.15, 0.2) is 42.5 Å². The van der Waals surface area contributed by atoms with Gasteiger partial charge in [-0.25, -0.2) is 0 Å². The largest absolute Gasteiger partial charge is 0.504 e. The average Bonchev–Trinajstić information content (AvgIpc) is 2.42. The van der Waals surface area contributed by atoms with Crippen LogP contribution >= 0.6 is 0 Å². The minimum atomic E-state index is 0.0226. The highest BCUT2D eigenvalue weighted by Crippen LogP contribution is 2.36. The SMILES string of the molecule is CCCc1ccccc1Oc1cc(C(C)(C)C)ccc1O. The maximum atomic E-state index is 10.1. The molecule has 0 aliphatic rings. The van der Waals surface area contributed by atoms with Crippen LogP contribution in [-0.2, 0) is 11.8 Å². The molecule has 112 valence electrons. The van der Waals surface area contributed by atoms with Gasteiger partial charge in [0.15, 0.2) is 11.5 Å². The molecule has 0 saturated heterocycles. The fourth-order valence-electron chi connectivity index (χ4n) is 2.26. The summed E-state index contributed by atoms with van der Waals surface area (Å²) in [5, 5.41) is 10.1. The molecule has 2 aromatic carbocycles. The first-order chi connectivity index (χ1) is 9.91. The molecule has 2 nitrogen and oxygen atoms in total. The number of phenolic OH excluding ortho intramolecular Hbond substituents is 1. The quantitative estimate of drug-likeness (QED) is 0.810. The maximum Gasteiger partial charge on any atom is 0.169 e. The smallest absolute Gasteiger partial charge is 0.169 e. The number of para-hydroxylation sites is 1. The van der Waals surface area contributed by atoms with E-state index in [1.54, 1.807) is 6.07 Å². The summed E-state index contributed by atoms with van der Waals surface area (Å²) >= 11 is 0. The van der Waals surface area contributed by atoms with E-state index in [0.717, 1.165) is 24.2 Å². The van der Waals surface area contributed by atoms with Crippen LogP contribution in [0.1, 0.15) is 45.2 Å². The maximum absolute atomic E-state index is 10.1. The monoisotopic (exact) mass is 284 g/mol. The lowest BCUT2D eigenvalue weighted by Crippen LogP contribution is -2.10. The van der Waals surface area contributed by atoms with Crippen LogP contribution in [-0.4, -0.2) is 5.11 Å². The van der Waals surface area contributed by atoms with E-state index in [1.807, 2.05) is 30.3 Å². The van der Waals surface area contributed by atoms with E-state index in [9.17, 15) is 5.11 Å². The van der Waals surface area contributed by atoms with Crippen LogP contribution in [0, 0.1) is 0 Å². The molecule has 2 aromatic rings. The van der Waals surface area contributed by atoms with Gasteiger partial charge >= 0.3 is 0 Å². The zero-order valence-electron chi connectivity index (χ0n) is 13.3. The Hall–Kier alpha value is -1.96. The highest BCUT2D eigenvalue weighted by molar-refractivity contribution is 5.47. The highest BCUT2D eigenvalue weighted by atomic mass is 16.5. The molecule has 0 radical (unpaired) electrons. The Morgan fingerprint density at radius 1 is 1.00 bits per heavy atom. The molecule has 0 saturated carbocycles. The van der Waals surface area contributed by atoms with Crippen molar-refractivity contribution in [2.24, 2.45) is 0 Å². The predicted molar refractivity (Wildman–Crippen MR) is 87.3 cm³/mol. The summed E-state index contributed by atoms with van der Waals surface area (Å²) in [5.74, 6) is 1.51. The first-order valence-electron chi connectivity index (χ1n) is 7.51. The minimum Gasteiger partial charge on any atom is -0.504 e. The van der Waals surface area contributed by atoms with Gasteiger partial charge in [0.25, 0.3) is 0 Å². The number of hydrogen-bond donors (Lipinski definition) is 1. The minimum absolute atomic E-state index is 0.0226. The third-order valence-electron chi connectivity index (χ3n) is 3.54. The van der Waals surface area contributed by atoms with Gasteiger partial charge in [0, 0.05) is 0 Å². The standard InChI is InChI=1S/C19H24O2/c1-5-8-14-9-6-7-10-17(14)21-18-13-15(19(2,3)4)11-12-16(18)20/h6-7,9-13,20H,5,8H2,1-4H3. The Kier molecular flexibility index (Phi) is 4.56. The van der Waals surface area contributed by atoms with Crippen molar-refractivity contribution in [3.63, 3.8) is 0 Å². The highest BCUT2D eigenvalue weighted by Gasteiger charge is 2.16. The second-order valence-corrected chi connectivity index (χ2v) is 6.39. The van der Waals surface area contributed by atoms with Crippen LogP contribution in [0.25, 0.3) is 0 Å². The molecule has 0 aliphatic carbocycles. The van der Waals surface area contributed by atoms with Gasteiger partial charge in [0.2, 0.25) is 0 Å². The predicted octanol–water partition coefficient (Wildman–Crippen LogP) is 5.43. The van der Waals surface area contributed by atoms with Crippen LogP contribution in [0.4, 0.5) is 0 Å². The Labute approximate surface area is 127 Å². The molecule has 0 spiro atoms. The van der Waals surface area contributed by atoms with Gasteiger partial charge in [-0.1, -0.05) is 58.4 Å². The third kappa shape index (κ3) is 3.78. The van der Waals surface area contributed by atoms with Crippen LogP contribution in [0.2, 0.25) is 0 Å². The van der Waals surface area contributed by atoms with E-state index in [1.165, 1.54) is 5.56 Å². The van der Waals surface area contributed by atoms with Crippen molar-refractivity contribution in [1.29, 1.82) is 0 Å². The first-order valence-corrected chi connectivity index (χ1v) is 7.51. The van der Waals surface area contributed by atoms with E-state index in [2.05, 4.69) is 33.8 Å². The molecule has 2 heteroatoms. The van der Waals surface area contributed by atoms with E-state index in [4.69, 9.17) is 4.74 Å². The molecule has 21 heavy (non-hydrogen) atoms. The Morgan fingerprint density at radius 2 is 1.71 bits per heavy atom. The van der Waals surface area contributed by atoms with Gasteiger partial charge in [0.05, 0.1) is 0 Å². The Balaban J connectivity index is 2.35. The van der Waals surface area contributed by atoms with Crippen molar-refractivity contribution in [1.82, 2.24) is 0 Å². The van der Waals surface area contributed by atoms with Crippen molar-refractivity contribution in [3.05, 3.63) is 53.6 Å². The summed E-state index contributed by atoms with van der Waals surface area (Å²) in [6.07, 6.45) is 2.03. The molecule has 0 heterocycles. The zero-order chi connectivity index (χ0) is 15.5. The second-order valence-electron chi connectivity index (χ2n) is 6.39. The fourth-order valence-corrected chi connectivity index (χ4v) is 2.26. The lowest BCUT2D eigenvalue weighted by molar-refractivity contribution is 0.406. The lowest BCUT2D eigenvalue weighted by atomic mass is 9.87. The van der Waals surface area contributed by atoms with Gasteiger partial charge < -0.3 is 9.84 Å². The van der Waals surface area contributed by atoms with E-state index in [-0.39, 0.29) is 11.2 Å². The Morgan fingerprint density at radius 3 is 2.38 bits per heavy atom. The lowest BCUT2D eigenvalue weighted by Gasteiger charge is -2.20. The molecule has 2 rings (SSSR count). The molecule has 0 fully saturated rings. The average molecular weight is 284 g/mol. The second kappa shape index (κ2) is 6.21. The Bertz CT molecular complexity index is 609. The molecule has 0 amide bonds. The summed E-state index contributed by atoms with van der Waals surface area (Å²) in [7, 11) is 0. The number of ether oxygens (including phenoxy) is 1. The molecule has 0 unspecified atom stereocenters. The molecule has 0 aliphatic heterocycles. The summed E-state index contributed by atoms with van der Waals surface area (Å²) in [4.78, 5) is 0. The van der Waals surface area contributed by atoms with Crippen molar-refractivity contribution in [3.8, 4) is 17.2 Å². The number of benzene rings is 2. The molecule has 1 N–H and O–H groups in total. The third-order valence-corrected chi connectivity index (χ3v) is 3.54. The number of aryl methyl sites for hydroxylation is 1. The van der Waals surface area contributed by atoms with Crippen molar-refractivity contribution >= 4 is 0 Å². The number of rotatable bonds is 4.